The highest BCUT2D eigenvalue weighted by molar-refractivity contribution is 6.33. The van der Waals surface area contributed by atoms with Gasteiger partial charge < -0.3 is 10.1 Å². The van der Waals surface area contributed by atoms with Gasteiger partial charge in [-0.15, -0.1) is 10.2 Å². The van der Waals surface area contributed by atoms with Gasteiger partial charge in [0.05, 0.1) is 17.8 Å². The predicted octanol–water partition coefficient (Wildman–Crippen LogP) is 3.46. The Labute approximate surface area is 156 Å². The predicted molar refractivity (Wildman–Crippen MR) is 101 cm³/mol. The summed E-state index contributed by atoms with van der Waals surface area (Å²) in [6.45, 7) is 2.19. The highest BCUT2D eigenvalue weighted by Gasteiger charge is 2.36. The largest absolute Gasteiger partial charge is 0.468 e. The maximum absolute atomic E-state index is 12.4. The number of carbonyl (C=O) groups excluding carboxylic acids is 1. The monoisotopic (exact) mass is 370 g/mol. The number of esters is 1. The summed E-state index contributed by atoms with van der Waals surface area (Å²) in [5.74, 6) is -0.312. The molecule has 0 spiro atoms. The fourth-order valence-electron chi connectivity index (χ4n) is 2.74. The fraction of sp³-hybridized carbons (Fsp3) is 0.211. The number of rotatable bonds is 6. The van der Waals surface area contributed by atoms with E-state index in [9.17, 15) is 4.79 Å². The van der Waals surface area contributed by atoms with Crippen LogP contribution in [0, 0.1) is 0 Å². The minimum absolute atomic E-state index is 0.312. The number of benzene rings is 2. The van der Waals surface area contributed by atoms with E-state index >= 15 is 0 Å². The molecule has 0 amide bonds. The molecule has 0 aliphatic carbocycles. The third-order valence-corrected chi connectivity index (χ3v) is 4.66. The summed E-state index contributed by atoms with van der Waals surface area (Å²) < 4.78 is 6.79. The first-order valence-corrected chi connectivity index (χ1v) is 8.45. The lowest BCUT2D eigenvalue weighted by atomic mass is 9.82. The molecule has 3 aromatic rings. The Kier molecular flexibility index (Phi) is 5.23. The molecule has 1 aromatic heterocycles. The molecule has 6 nitrogen and oxygen atoms in total. The third-order valence-electron chi connectivity index (χ3n) is 4.35. The third kappa shape index (κ3) is 3.55. The van der Waals surface area contributed by atoms with Crippen LogP contribution in [0.1, 0.15) is 12.5 Å². The molecule has 0 aliphatic heterocycles. The maximum atomic E-state index is 12.4. The Bertz CT molecular complexity index is 884. The van der Waals surface area contributed by atoms with Crippen LogP contribution in [-0.4, -0.2) is 34.4 Å². The lowest BCUT2D eigenvalue weighted by molar-refractivity contribution is -0.146. The normalized spacial score (nSPS) is 13.0. The number of carbonyl (C=O) groups is 1. The number of methoxy groups -OCH3 is 1. The second-order valence-electron chi connectivity index (χ2n) is 6.08. The number of hydrogen-bond donors (Lipinski definition) is 1. The molecule has 3 rings (SSSR count). The summed E-state index contributed by atoms with van der Waals surface area (Å²) in [6.07, 6.45) is 3.20. The Morgan fingerprint density at radius 1 is 1.19 bits per heavy atom. The number of nitrogens with one attached hydrogen (secondary N) is 1. The van der Waals surface area contributed by atoms with E-state index in [1.807, 2.05) is 55.5 Å². The van der Waals surface area contributed by atoms with Gasteiger partial charge in [-0.05, 0) is 30.7 Å². The molecule has 7 heteroatoms. The number of ether oxygens (including phenoxy) is 1. The Balaban J connectivity index is 1.82. The quantitative estimate of drug-likeness (QED) is 0.673. The van der Waals surface area contributed by atoms with Crippen LogP contribution in [0.4, 0.5) is 5.69 Å². The first-order chi connectivity index (χ1) is 12.5. The molecule has 134 valence electrons. The van der Waals surface area contributed by atoms with Crippen LogP contribution in [0.2, 0.25) is 5.02 Å². The molecular weight excluding hydrogens is 352 g/mol. The highest BCUT2D eigenvalue weighted by Crippen LogP contribution is 2.29. The molecular formula is C19H19ClN4O2. The van der Waals surface area contributed by atoms with Crippen molar-refractivity contribution in [2.24, 2.45) is 0 Å². The Morgan fingerprint density at radius 3 is 2.50 bits per heavy atom. The zero-order chi connectivity index (χ0) is 18.6. The van der Waals surface area contributed by atoms with Gasteiger partial charge >= 0.3 is 5.97 Å². The second kappa shape index (κ2) is 7.58. The summed E-state index contributed by atoms with van der Waals surface area (Å²) >= 11 is 6.40. The topological polar surface area (TPSA) is 69.0 Å². The van der Waals surface area contributed by atoms with E-state index in [4.69, 9.17) is 16.3 Å². The van der Waals surface area contributed by atoms with Crippen LogP contribution < -0.4 is 5.32 Å². The minimum atomic E-state index is -0.841. The smallest absolute Gasteiger partial charge is 0.317 e. The van der Waals surface area contributed by atoms with Crippen molar-refractivity contribution in [1.82, 2.24) is 14.8 Å². The number of hydrogen-bond acceptors (Lipinski definition) is 5. The first-order valence-electron chi connectivity index (χ1n) is 8.07. The van der Waals surface area contributed by atoms with E-state index < -0.39 is 5.41 Å². The van der Waals surface area contributed by atoms with E-state index in [1.165, 1.54) is 7.11 Å². The van der Waals surface area contributed by atoms with Crippen molar-refractivity contribution in [2.45, 2.75) is 12.3 Å². The van der Waals surface area contributed by atoms with E-state index in [2.05, 4.69) is 15.5 Å². The average Bonchev–Trinajstić information content (AvgIpc) is 3.21. The lowest BCUT2D eigenvalue weighted by Crippen LogP contribution is -2.40. The average molecular weight is 371 g/mol. The van der Waals surface area contributed by atoms with Gasteiger partial charge in [-0.1, -0.05) is 41.9 Å². The van der Waals surface area contributed by atoms with E-state index in [0.29, 0.717) is 11.6 Å². The molecule has 0 saturated carbocycles. The van der Waals surface area contributed by atoms with E-state index in [0.717, 1.165) is 16.9 Å². The number of nitrogens with zero attached hydrogens (tertiary/aromatic N) is 3. The van der Waals surface area contributed by atoms with Crippen LogP contribution in [0.5, 0.6) is 0 Å². The van der Waals surface area contributed by atoms with Crippen LogP contribution in [0.25, 0.3) is 5.69 Å². The molecule has 1 heterocycles. The van der Waals surface area contributed by atoms with Crippen LogP contribution in [-0.2, 0) is 14.9 Å². The van der Waals surface area contributed by atoms with E-state index in [1.54, 1.807) is 17.2 Å². The summed E-state index contributed by atoms with van der Waals surface area (Å²) in [5, 5.41) is 11.4. The molecule has 0 fully saturated rings. The van der Waals surface area contributed by atoms with Gasteiger partial charge in [-0.3, -0.25) is 9.36 Å². The molecule has 0 bridgehead atoms. The van der Waals surface area contributed by atoms with Gasteiger partial charge in [0.25, 0.3) is 0 Å². The molecule has 0 saturated heterocycles. The molecule has 1 unspecified atom stereocenters. The van der Waals surface area contributed by atoms with E-state index in [-0.39, 0.29) is 5.97 Å². The molecule has 1 atom stereocenters. The van der Waals surface area contributed by atoms with Crippen molar-refractivity contribution in [3.63, 3.8) is 0 Å². The molecule has 1 N–H and O–H groups in total. The molecule has 0 radical (unpaired) electrons. The maximum Gasteiger partial charge on any atom is 0.317 e. The summed E-state index contributed by atoms with van der Waals surface area (Å²) in [7, 11) is 1.39. The van der Waals surface area contributed by atoms with Gasteiger partial charge in [-0.2, -0.15) is 0 Å². The van der Waals surface area contributed by atoms with Crippen LogP contribution >= 0.6 is 11.6 Å². The van der Waals surface area contributed by atoms with Crippen molar-refractivity contribution in [2.75, 3.05) is 19.0 Å². The van der Waals surface area contributed by atoms with Gasteiger partial charge in [-0.25, -0.2) is 0 Å². The van der Waals surface area contributed by atoms with Gasteiger partial charge in [0.15, 0.2) is 0 Å². The number of anilines is 1. The zero-order valence-corrected chi connectivity index (χ0v) is 15.3. The van der Waals surface area contributed by atoms with Crippen LogP contribution in [0.15, 0.2) is 61.2 Å². The summed E-state index contributed by atoms with van der Waals surface area (Å²) in [5.41, 5.74) is 1.61. The second-order valence-corrected chi connectivity index (χ2v) is 6.48. The summed E-state index contributed by atoms with van der Waals surface area (Å²) in [4.78, 5) is 12.4. The van der Waals surface area contributed by atoms with Gasteiger partial charge in [0.1, 0.15) is 18.1 Å². The fourth-order valence-corrected chi connectivity index (χ4v) is 2.98. The van der Waals surface area contributed by atoms with Crippen molar-refractivity contribution < 1.29 is 9.53 Å². The van der Waals surface area contributed by atoms with Gasteiger partial charge in [0, 0.05) is 12.2 Å². The molecule has 26 heavy (non-hydrogen) atoms. The standard InChI is InChI=1S/C19H19ClN4O2/c1-19(18(25)26-2,14-6-4-3-5-7-14)11-21-17-9-8-15(10-16(17)20)24-12-22-23-13-24/h3-10,12-13,21H,11H2,1-2H3. The Hall–Kier alpha value is -2.86. The van der Waals surface area contributed by atoms with Crippen molar-refractivity contribution >= 4 is 23.3 Å². The van der Waals surface area contributed by atoms with Crippen molar-refractivity contribution in [1.29, 1.82) is 0 Å². The summed E-state index contributed by atoms with van der Waals surface area (Å²) in [6, 6.07) is 15.1. The number of halogens is 1. The molecule has 2 aromatic carbocycles. The SMILES string of the molecule is COC(=O)C(C)(CNc1ccc(-n2cnnc2)cc1Cl)c1ccccc1. The van der Waals surface area contributed by atoms with Gasteiger partial charge in [0.2, 0.25) is 0 Å². The minimum Gasteiger partial charge on any atom is -0.468 e. The van der Waals surface area contributed by atoms with Crippen molar-refractivity contribution in [3.05, 3.63) is 71.8 Å². The zero-order valence-electron chi connectivity index (χ0n) is 14.5. The lowest BCUT2D eigenvalue weighted by Gasteiger charge is -2.28. The number of aromatic nitrogens is 3. The van der Waals surface area contributed by atoms with Crippen LogP contribution in [0.3, 0.4) is 0 Å². The highest BCUT2D eigenvalue weighted by atomic mass is 35.5. The first kappa shape index (κ1) is 17.9. The van der Waals surface area contributed by atoms with Crippen molar-refractivity contribution in [3.8, 4) is 5.69 Å². The molecule has 0 aliphatic rings. The Morgan fingerprint density at radius 2 is 1.88 bits per heavy atom.